The first-order chi connectivity index (χ1) is 13.7. The van der Waals surface area contributed by atoms with Crippen LogP contribution in [0.4, 0.5) is 0 Å². The Bertz CT molecular complexity index is 647. The maximum atomic E-state index is 12.2. The number of fused-ring (bicyclic) bond motifs is 5. The van der Waals surface area contributed by atoms with E-state index in [1.807, 2.05) is 0 Å². The summed E-state index contributed by atoms with van der Waals surface area (Å²) < 4.78 is 0. The largest absolute Gasteiger partial charge is 0.481 e. The standard InChI is InChI=1S/C25H40O4/c1-15(4-7-22(28)29)19-5-6-20-23-16(14-26)12-17-13-18(27)8-10-24(17,2)21(23)9-11-25(19,20)3/h14-21,23,27H,4-13H2,1-3H3,(H,28,29). The molecule has 0 aromatic rings. The molecule has 0 aromatic heterocycles. The molecule has 0 saturated heterocycles. The summed E-state index contributed by atoms with van der Waals surface area (Å²) in [5, 5.41) is 19.4. The van der Waals surface area contributed by atoms with E-state index in [0.29, 0.717) is 35.5 Å². The minimum Gasteiger partial charge on any atom is -0.481 e. The number of rotatable bonds is 5. The Morgan fingerprint density at radius 2 is 1.76 bits per heavy atom. The number of aliphatic hydroxyl groups is 1. The number of hydrogen-bond acceptors (Lipinski definition) is 3. The van der Waals surface area contributed by atoms with E-state index >= 15 is 0 Å². The molecular formula is C25H40O4. The maximum Gasteiger partial charge on any atom is 0.303 e. The van der Waals surface area contributed by atoms with E-state index in [9.17, 15) is 14.7 Å². The second kappa shape index (κ2) is 7.66. The average molecular weight is 405 g/mol. The van der Waals surface area contributed by atoms with Crippen LogP contribution in [0.1, 0.15) is 85.0 Å². The minimum atomic E-state index is -0.688. The van der Waals surface area contributed by atoms with E-state index in [-0.39, 0.29) is 29.3 Å². The lowest BCUT2D eigenvalue weighted by molar-refractivity contribution is -0.158. The number of carboxylic acid groups (broad SMARTS) is 1. The van der Waals surface area contributed by atoms with E-state index in [4.69, 9.17) is 5.11 Å². The number of aliphatic hydroxyl groups excluding tert-OH is 1. The molecule has 4 saturated carbocycles. The molecule has 4 aliphatic carbocycles. The minimum absolute atomic E-state index is 0.140. The Morgan fingerprint density at radius 1 is 1.07 bits per heavy atom. The van der Waals surface area contributed by atoms with Crippen molar-refractivity contribution >= 4 is 12.3 Å². The van der Waals surface area contributed by atoms with Crippen LogP contribution in [0.5, 0.6) is 0 Å². The molecular weight excluding hydrogens is 364 g/mol. The molecule has 4 rings (SSSR count). The third-order valence-corrected chi connectivity index (χ3v) is 10.5. The van der Waals surface area contributed by atoms with E-state index < -0.39 is 5.97 Å². The van der Waals surface area contributed by atoms with Crippen LogP contribution in [0.2, 0.25) is 0 Å². The molecule has 0 aromatic carbocycles. The molecule has 0 radical (unpaired) electrons. The summed E-state index contributed by atoms with van der Waals surface area (Å²) >= 11 is 0. The van der Waals surface area contributed by atoms with Gasteiger partial charge in [-0.05, 0) is 104 Å². The van der Waals surface area contributed by atoms with Crippen molar-refractivity contribution in [1.82, 2.24) is 0 Å². The van der Waals surface area contributed by atoms with Crippen molar-refractivity contribution in [2.45, 2.75) is 91.1 Å². The van der Waals surface area contributed by atoms with Crippen LogP contribution >= 0.6 is 0 Å². The highest BCUT2D eigenvalue weighted by Crippen LogP contribution is 2.69. The number of hydrogen-bond donors (Lipinski definition) is 2. The zero-order chi connectivity index (χ0) is 21.0. The van der Waals surface area contributed by atoms with Crippen molar-refractivity contribution in [3.8, 4) is 0 Å². The van der Waals surface area contributed by atoms with Gasteiger partial charge in [0.1, 0.15) is 6.29 Å². The van der Waals surface area contributed by atoms with Gasteiger partial charge >= 0.3 is 5.97 Å². The van der Waals surface area contributed by atoms with Gasteiger partial charge in [-0.2, -0.15) is 0 Å². The maximum absolute atomic E-state index is 12.2. The van der Waals surface area contributed by atoms with E-state index in [1.165, 1.54) is 32.0 Å². The number of aldehydes is 1. The predicted molar refractivity (Wildman–Crippen MR) is 112 cm³/mol. The van der Waals surface area contributed by atoms with Gasteiger partial charge < -0.3 is 15.0 Å². The second-order valence-corrected chi connectivity index (χ2v) is 11.6. The SMILES string of the molecule is CC(CCC(=O)O)C1CCC2C3C(C=O)CC4CC(O)CCC4(C)C3CCC12C. The Kier molecular flexibility index (Phi) is 5.63. The van der Waals surface area contributed by atoms with Gasteiger partial charge in [0.2, 0.25) is 0 Å². The molecule has 4 heteroatoms. The van der Waals surface area contributed by atoms with Crippen LogP contribution in [0.3, 0.4) is 0 Å². The van der Waals surface area contributed by atoms with Gasteiger partial charge in [0.15, 0.2) is 0 Å². The molecule has 29 heavy (non-hydrogen) atoms. The van der Waals surface area contributed by atoms with E-state index in [2.05, 4.69) is 20.8 Å². The molecule has 4 aliphatic rings. The summed E-state index contributed by atoms with van der Waals surface area (Å²) in [5.41, 5.74) is 0.523. The summed E-state index contributed by atoms with van der Waals surface area (Å²) in [7, 11) is 0. The van der Waals surface area contributed by atoms with E-state index in [0.717, 1.165) is 32.1 Å². The molecule has 0 heterocycles. The third kappa shape index (κ3) is 3.38. The summed E-state index contributed by atoms with van der Waals surface area (Å²) in [5.74, 6) is 2.64. The number of carbonyl (C=O) groups is 2. The fraction of sp³-hybridized carbons (Fsp3) is 0.920. The molecule has 10 atom stereocenters. The molecule has 0 bridgehead atoms. The molecule has 0 amide bonds. The normalized spacial score (nSPS) is 50.1. The van der Waals surface area contributed by atoms with Crippen LogP contribution in [0.15, 0.2) is 0 Å². The smallest absolute Gasteiger partial charge is 0.303 e. The summed E-state index contributed by atoms with van der Waals surface area (Å²) in [4.78, 5) is 23.3. The first-order valence-corrected chi connectivity index (χ1v) is 12.1. The zero-order valence-electron chi connectivity index (χ0n) is 18.5. The average Bonchev–Trinajstić information content (AvgIpc) is 3.03. The topological polar surface area (TPSA) is 74.6 Å². The summed E-state index contributed by atoms with van der Waals surface area (Å²) in [6.45, 7) is 7.18. The van der Waals surface area contributed by atoms with Crippen molar-refractivity contribution in [3.05, 3.63) is 0 Å². The van der Waals surface area contributed by atoms with Gasteiger partial charge in [-0.15, -0.1) is 0 Å². The zero-order valence-corrected chi connectivity index (χ0v) is 18.5. The molecule has 0 aliphatic heterocycles. The molecule has 4 nitrogen and oxygen atoms in total. The van der Waals surface area contributed by atoms with Gasteiger partial charge in [-0.1, -0.05) is 20.8 Å². The number of carboxylic acids is 1. The Labute approximate surface area is 175 Å². The lowest BCUT2D eigenvalue weighted by Crippen LogP contribution is -2.57. The van der Waals surface area contributed by atoms with Crippen LogP contribution in [-0.4, -0.2) is 28.6 Å². The molecule has 0 spiro atoms. The van der Waals surface area contributed by atoms with Gasteiger partial charge in [-0.3, -0.25) is 4.79 Å². The number of aliphatic carboxylic acids is 1. The predicted octanol–water partition coefficient (Wildman–Crippen LogP) is 4.93. The first kappa shape index (κ1) is 21.3. The number of carbonyl (C=O) groups excluding carboxylic acids is 1. The summed E-state index contributed by atoms with van der Waals surface area (Å²) in [6.07, 6.45) is 10.8. The lowest BCUT2D eigenvalue weighted by atomic mass is 9.42. The monoisotopic (exact) mass is 404 g/mol. The van der Waals surface area contributed by atoms with Gasteiger partial charge in [-0.25, -0.2) is 0 Å². The van der Waals surface area contributed by atoms with Crippen LogP contribution in [-0.2, 0) is 9.59 Å². The summed E-state index contributed by atoms with van der Waals surface area (Å²) in [6, 6.07) is 0. The van der Waals surface area contributed by atoms with Crippen LogP contribution < -0.4 is 0 Å². The van der Waals surface area contributed by atoms with Gasteiger partial charge in [0, 0.05) is 12.3 Å². The van der Waals surface area contributed by atoms with Crippen LogP contribution in [0, 0.1) is 52.3 Å². The van der Waals surface area contributed by atoms with Crippen molar-refractivity contribution < 1.29 is 19.8 Å². The Balaban J connectivity index is 1.59. The van der Waals surface area contributed by atoms with Crippen molar-refractivity contribution in [3.63, 3.8) is 0 Å². The molecule has 10 unspecified atom stereocenters. The van der Waals surface area contributed by atoms with Crippen molar-refractivity contribution in [1.29, 1.82) is 0 Å². The van der Waals surface area contributed by atoms with Crippen molar-refractivity contribution in [2.75, 3.05) is 0 Å². The lowest BCUT2D eigenvalue weighted by Gasteiger charge is -2.62. The fourth-order valence-corrected chi connectivity index (χ4v) is 8.97. The highest BCUT2D eigenvalue weighted by molar-refractivity contribution is 5.66. The third-order valence-electron chi connectivity index (χ3n) is 10.5. The fourth-order valence-electron chi connectivity index (χ4n) is 8.97. The Morgan fingerprint density at radius 3 is 2.45 bits per heavy atom. The first-order valence-electron chi connectivity index (χ1n) is 12.1. The molecule has 4 fully saturated rings. The Hall–Kier alpha value is -0.900. The van der Waals surface area contributed by atoms with Gasteiger partial charge in [0.25, 0.3) is 0 Å². The highest BCUT2D eigenvalue weighted by atomic mass is 16.4. The second-order valence-electron chi connectivity index (χ2n) is 11.6. The highest BCUT2D eigenvalue weighted by Gasteiger charge is 2.62. The van der Waals surface area contributed by atoms with Crippen molar-refractivity contribution in [2.24, 2.45) is 52.3 Å². The van der Waals surface area contributed by atoms with E-state index in [1.54, 1.807) is 0 Å². The quantitative estimate of drug-likeness (QED) is 0.637. The molecule has 2 N–H and O–H groups in total. The molecule has 164 valence electrons. The van der Waals surface area contributed by atoms with Crippen LogP contribution in [0.25, 0.3) is 0 Å². The van der Waals surface area contributed by atoms with Gasteiger partial charge in [0.05, 0.1) is 6.10 Å².